The zero-order valence-corrected chi connectivity index (χ0v) is 48.6. The number of fused-ring (bicyclic) bond motifs is 8. The third-order valence-electron chi connectivity index (χ3n) is 15.9. The van der Waals surface area contributed by atoms with Crippen molar-refractivity contribution < 1.29 is 66.1 Å². The molecule has 1 saturated heterocycles. The molecule has 3 aliphatic rings. The van der Waals surface area contributed by atoms with Crippen LogP contribution in [0.3, 0.4) is 0 Å². The normalized spacial score (nSPS) is 15.2. The number of esters is 1. The van der Waals surface area contributed by atoms with Gasteiger partial charge in [0.15, 0.2) is 47.0 Å². The third-order valence-corrected chi connectivity index (χ3v) is 15.9. The Hall–Kier alpha value is -9.94. The van der Waals surface area contributed by atoms with Crippen LogP contribution in [0.4, 0.5) is 34.5 Å². The quantitative estimate of drug-likeness (QED) is 0.0225. The van der Waals surface area contributed by atoms with Gasteiger partial charge in [-0.15, -0.1) is 0 Å². The van der Waals surface area contributed by atoms with Gasteiger partial charge in [0, 0.05) is 96.7 Å². The van der Waals surface area contributed by atoms with Crippen LogP contribution in [0.5, 0.6) is 28.7 Å². The lowest BCUT2D eigenvalue weighted by molar-refractivity contribution is -0.686. The molecule has 7 heterocycles. The Bertz CT molecular complexity index is 4000. The number of imidazole rings is 1. The van der Waals surface area contributed by atoms with Crippen LogP contribution in [-0.4, -0.2) is 142 Å². The van der Waals surface area contributed by atoms with Crippen molar-refractivity contribution in [2.24, 2.45) is 16.1 Å². The maximum atomic E-state index is 13.8. The molecule has 8 aromatic rings. The topological polar surface area (TPSA) is 249 Å². The number of methoxy groups -OCH3 is 1. The summed E-state index contributed by atoms with van der Waals surface area (Å²) in [6, 6.07) is 21.8. The predicted molar refractivity (Wildman–Crippen MR) is 313 cm³/mol. The van der Waals surface area contributed by atoms with E-state index in [1.807, 2.05) is 35.7 Å². The number of halogens is 2. The minimum Gasteiger partial charge on any atom is -0.507 e. The molecule has 23 nitrogen and oxygen atoms in total. The van der Waals surface area contributed by atoms with Gasteiger partial charge in [0.2, 0.25) is 12.5 Å². The molecule has 4 aromatic carbocycles. The van der Waals surface area contributed by atoms with Crippen molar-refractivity contribution in [1.82, 2.24) is 44.3 Å². The number of hydrogen-bond acceptors (Lipinski definition) is 15. The summed E-state index contributed by atoms with van der Waals surface area (Å²) in [6.45, 7) is 4.13. The van der Waals surface area contributed by atoms with Gasteiger partial charge >= 0.3 is 24.1 Å². The van der Waals surface area contributed by atoms with Gasteiger partial charge in [0.1, 0.15) is 12.4 Å². The second kappa shape index (κ2) is 24.9. The molecule has 0 saturated carbocycles. The van der Waals surface area contributed by atoms with Gasteiger partial charge in [-0.2, -0.15) is 14.8 Å². The number of aryl methyl sites for hydroxylation is 2. The second-order valence-corrected chi connectivity index (χ2v) is 21.9. The molecule has 87 heavy (non-hydrogen) atoms. The first-order valence-corrected chi connectivity index (χ1v) is 28.6. The number of unbranched alkanes of at least 4 members (excludes halogenated alkanes) is 1. The minimum atomic E-state index is -3.04. The monoisotopic (exact) mass is 1190 g/mol. The number of likely N-dealkylation sites (N-methyl/N-ethyl adjacent to an activating group) is 2. The fourth-order valence-corrected chi connectivity index (χ4v) is 11.1. The lowest BCUT2D eigenvalue weighted by Crippen LogP contribution is -2.43. The molecule has 4 aromatic heterocycles. The smallest absolute Gasteiger partial charge is 0.409 e. The van der Waals surface area contributed by atoms with Gasteiger partial charge in [0.05, 0.1) is 53.3 Å². The molecule has 0 bridgehead atoms. The van der Waals surface area contributed by atoms with Crippen LogP contribution in [0.1, 0.15) is 72.6 Å². The van der Waals surface area contributed by atoms with Crippen molar-refractivity contribution >= 4 is 69.0 Å². The van der Waals surface area contributed by atoms with Crippen molar-refractivity contribution in [3.05, 3.63) is 126 Å². The van der Waals surface area contributed by atoms with Crippen molar-refractivity contribution in [2.75, 3.05) is 67.3 Å². The highest BCUT2D eigenvalue weighted by atomic mass is 19.3. The molecule has 452 valence electrons. The van der Waals surface area contributed by atoms with E-state index in [4.69, 9.17) is 23.7 Å². The number of rotatable bonds is 19. The maximum Gasteiger partial charge on any atom is 0.409 e. The number of alkyl halides is 2. The molecule has 25 heteroatoms. The summed E-state index contributed by atoms with van der Waals surface area (Å²) in [4.78, 5) is 79.7. The van der Waals surface area contributed by atoms with E-state index >= 15 is 0 Å². The molecule has 3 N–H and O–H groups in total. The molecule has 1 fully saturated rings. The van der Waals surface area contributed by atoms with E-state index in [9.17, 15) is 37.9 Å². The number of aromatic nitrogens is 5. The molecule has 5 amide bonds. The van der Waals surface area contributed by atoms with Gasteiger partial charge in [-0.3, -0.25) is 18.6 Å². The van der Waals surface area contributed by atoms with Crippen LogP contribution in [0.15, 0.2) is 114 Å². The molecule has 0 radical (unpaired) electrons. The Morgan fingerprint density at radius 2 is 1.67 bits per heavy atom. The van der Waals surface area contributed by atoms with E-state index in [1.54, 1.807) is 74.0 Å². The number of phenolic OH excluding ortho intramolecular Hbond substituents is 1. The van der Waals surface area contributed by atoms with Gasteiger partial charge in [-0.1, -0.05) is 25.5 Å². The molecular weight excluding hydrogens is 1130 g/mol. The molecule has 2 atom stereocenters. The highest BCUT2D eigenvalue weighted by Gasteiger charge is 2.38. The number of likely N-dealkylation sites (tertiary alicyclic amines) is 1. The first-order valence-electron chi connectivity index (χ1n) is 28.6. The Morgan fingerprint density at radius 1 is 0.897 bits per heavy atom. The highest BCUT2D eigenvalue weighted by Crippen LogP contribution is 2.42. The number of azo groups is 1. The zero-order valence-electron chi connectivity index (χ0n) is 48.6. The number of benzene rings is 4. The van der Waals surface area contributed by atoms with Gasteiger partial charge in [0.25, 0.3) is 11.8 Å². The fraction of sp³-hybridized carbons (Fsp3) is 0.355. The van der Waals surface area contributed by atoms with Crippen molar-refractivity contribution in [2.45, 2.75) is 70.9 Å². The second-order valence-electron chi connectivity index (χ2n) is 21.9. The van der Waals surface area contributed by atoms with Crippen LogP contribution in [0, 0.1) is 5.92 Å². The van der Waals surface area contributed by atoms with Gasteiger partial charge in [-0.05, 0) is 95.9 Å². The van der Waals surface area contributed by atoms with E-state index in [1.165, 1.54) is 45.2 Å². The number of nitrogens with one attached hydrogen (secondary N) is 2. The van der Waals surface area contributed by atoms with Crippen molar-refractivity contribution in [1.29, 1.82) is 0 Å². The number of carbonyl (C=O) groups excluding carboxylic acids is 5. The van der Waals surface area contributed by atoms with E-state index < -0.39 is 36.5 Å². The molecule has 3 aliphatic heterocycles. The number of pyridine rings is 1. The van der Waals surface area contributed by atoms with Crippen LogP contribution >= 0.6 is 0 Å². The summed E-state index contributed by atoms with van der Waals surface area (Å²) in [5.41, 5.74) is 7.08. The summed E-state index contributed by atoms with van der Waals surface area (Å²) in [6.07, 6.45) is 8.79. The summed E-state index contributed by atoms with van der Waals surface area (Å²) < 4.78 is 60.9. The Labute approximate surface area is 498 Å². The number of carbonyl (C=O) groups is 5. The molecule has 11 rings (SSSR count). The molecule has 0 unspecified atom stereocenters. The van der Waals surface area contributed by atoms with E-state index in [2.05, 4.69) is 41.5 Å². The number of ether oxygens (including phenoxy) is 5. The number of nitrogens with zero attached hydrogens (tertiary/aromatic N) is 10. The average molecular weight is 1190 g/mol. The van der Waals surface area contributed by atoms with E-state index in [0.29, 0.717) is 76.9 Å². The minimum absolute atomic E-state index is 0.000341. The number of phenols is 1. The van der Waals surface area contributed by atoms with Gasteiger partial charge < -0.3 is 54.1 Å². The summed E-state index contributed by atoms with van der Waals surface area (Å²) in [5, 5.41) is 25.9. The van der Waals surface area contributed by atoms with E-state index in [0.717, 1.165) is 59.8 Å². The highest BCUT2D eigenvalue weighted by molar-refractivity contribution is 5.98. The lowest BCUT2D eigenvalue weighted by Gasteiger charge is -2.22. The molecule has 0 spiro atoms. The number of hydrogen-bond donors (Lipinski definition) is 3. The van der Waals surface area contributed by atoms with Crippen LogP contribution in [0.25, 0.3) is 38.8 Å². The molecule has 0 aliphatic carbocycles. The standard InChI is InChI=1S/C62H64F2N12O11/c1-6-38-31-74(59(80)68-35-62(2,63)64)32-45(38)49-29-66-54-30-67-57-47(76(49)54)19-22-75(57)60(81)71(3)23-24-72(4)61(82)84-34-37-10-13-41(14-11-37)69-70-42-15-16-50(77)44(27-42)58(79)65-20-8-7-9-55(78)87-56-46-33-73-21-18-40-26-52-53(86-36-85-52)28-43(40)48(73)25-39(46)12-17-51(56)83-5/h10-17,19,22,25-30,33,38,45H,6-9,18,20-21,23-24,31-32,34-36H2,1-5H3,(H2-,65,68,69,77,79,80)/p+1/t38-,45+/m1/s1. The van der Waals surface area contributed by atoms with Crippen LogP contribution < -0.4 is 34.1 Å². The Morgan fingerprint density at radius 3 is 2.45 bits per heavy atom. The number of amides is 5. The van der Waals surface area contributed by atoms with E-state index in [-0.39, 0.29) is 68.6 Å². The third kappa shape index (κ3) is 12.7. The number of urea groups is 1. The van der Waals surface area contributed by atoms with Crippen LogP contribution in [0.2, 0.25) is 0 Å². The maximum absolute atomic E-state index is 13.8. The average Bonchev–Trinajstić information content (AvgIpc) is 1.83. The largest absolute Gasteiger partial charge is 0.507 e. The van der Waals surface area contributed by atoms with Crippen molar-refractivity contribution in [3.8, 4) is 40.0 Å². The molecular formula is C62H65F2N12O11+. The Balaban J connectivity index is 0.618. The zero-order chi connectivity index (χ0) is 61.1. The number of aromatic hydroxyl groups is 1. The van der Waals surface area contributed by atoms with Crippen LogP contribution in [-0.2, 0) is 29.1 Å². The van der Waals surface area contributed by atoms with Crippen molar-refractivity contribution in [3.63, 3.8) is 0 Å². The predicted octanol–water partition coefficient (Wildman–Crippen LogP) is 9.67. The summed E-state index contributed by atoms with van der Waals surface area (Å²) in [7, 11) is 4.71. The lowest BCUT2D eigenvalue weighted by atomic mass is 9.91. The Kier molecular flexibility index (Phi) is 16.9. The summed E-state index contributed by atoms with van der Waals surface area (Å²) in [5.74, 6) is -2.14. The van der Waals surface area contributed by atoms with Gasteiger partial charge in [-0.25, -0.2) is 33.1 Å². The summed E-state index contributed by atoms with van der Waals surface area (Å²) >= 11 is 0. The fourth-order valence-electron chi connectivity index (χ4n) is 11.1. The SMILES string of the molecule is CC[C@@H]1CN(C(=O)NCC(C)(F)F)C[C@@H]1c1cnc2cnc3c(ccn3C(=O)N(C)CCN(C)C(=O)OCc3ccc(/N=N/c4ccc(O)c(C(=O)NCCCCC(=O)Oc5c(OC)ccc6cc7[n+](cc56)CCc5cc6c(cc5-7)OCO6)c4)cc3)n12. The first-order chi connectivity index (χ1) is 41.9. The first kappa shape index (κ1) is 58.8.